The minimum absolute atomic E-state index is 0.0483. The zero-order chi connectivity index (χ0) is 76.6. The number of aryl methyl sites for hydroxylation is 4. The van der Waals surface area contributed by atoms with E-state index in [1.165, 1.54) is 24.3 Å². The molecule has 3 amide bonds. The topological polar surface area (TPSA) is 203 Å². The van der Waals surface area contributed by atoms with Crippen LogP contribution in [0.2, 0.25) is 10.0 Å². The maximum absolute atomic E-state index is 14.6. The predicted octanol–water partition coefficient (Wildman–Crippen LogP) is 18.9. The summed E-state index contributed by atoms with van der Waals surface area (Å²) >= 11 is 12.6. The summed E-state index contributed by atoms with van der Waals surface area (Å²) < 4.78 is 80.7. The molecule has 2 unspecified atom stereocenters. The molecule has 0 radical (unpaired) electrons. The van der Waals surface area contributed by atoms with Crippen molar-refractivity contribution in [2.24, 2.45) is 15.5 Å². The van der Waals surface area contributed by atoms with Gasteiger partial charge in [0, 0.05) is 120 Å². The van der Waals surface area contributed by atoms with E-state index in [1.807, 2.05) is 146 Å². The molecule has 3 heterocycles. The monoisotopic (exact) mass is 1490 g/mol. The lowest BCUT2D eigenvalue weighted by molar-refractivity contribution is -0.275. The summed E-state index contributed by atoms with van der Waals surface area (Å²) in [5, 5.41) is 25.7. The van der Waals surface area contributed by atoms with Crippen LogP contribution in [0.4, 0.5) is 26.3 Å². The van der Waals surface area contributed by atoms with E-state index in [1.54, 1.807) is 43.4 Å². The molecule has 0 bridgehead atoms. The van der Waals surface area contributed by atoms with Gasteiger partial charge >= 0.3 is 12.4 Å². The smallest absolute Gasteiger partial charge is 0.384 e. The van der Waals surface area contributed by atoms with Gasteiger partial charge in [-0.2, -0.15) is 26.3 Å². The lowest BCUT2D eigenvalue weighted by Crippen LogP contribution is -2.42. The summed E-state index contributed by atoms with van der Waals surface area (Å²) in [5.41, 5.74) is 7.72. The number of nitrogens with zero attached hydrogens (tertiary/aromatic N) is 3. The minimum atomic E-state index is -4.79. The zero-order valence-corrected chi connectivity index (χ0v) is 61.5. The first-order chi connectivity index (χ1) is 50.2. The molecule has 552 valence electrons. The molecule has 3 atom stereocenters. The molecule has 0 saturated heterocycles. The summed E-state index contributed by atoms with van der Waals surface area (Å²) in [6.45, 7) is 16.7. The van der Waals surface area contributed by atoms with Crippen LogP contribution in [-0.4, -0.2) is 84.2 Å². The van der Waals surface area contributed by atoms with Crippen molar-refractivity contribution in [3.8, 4) is 0 Å². The first-order valence-electron chi connectivity index (χ1n) is 34.7. The van der Waals surface area contributed by atoms with Crippen molar-refractivity contribution in [2.75, 3.05) is 19.6 Å². The Labute approximate surface area is 620 Å². The molecular formula is C83H80Cl2F6N6O9. The number of carbonyl (C=O) groups excluding carboxylic acids is 6. The third kappa shape index (κ3) is 17.8. The van der Waals surface area contributed by atoms with Crippen LogP contribution in [0.25, 0.3) is 32.3 Å². The minimum Gasteiger partial charge on any atom is -0.384 e. The second-order valence-electron chi connectivity index (χ2n) is 27.2. The van der Waals surface area contributed by atoms with Gasteiger partial charge in [-0.25, -0.2) is 0 Å². The Morgan fingerprint density at radius 2 is 0.764 bits per heavy atom. The van der Waals surface area contributed by atoms with Crippen molar-refractivity contribution in [3.05, 3.63) is 246 Å². The number of hydrogen-bond donors (Lipinski definition) is 3. The summed E-state index contributed by atoms with van der Waals surface area (Å²) in [6, 6.07) is 47.3. The second-order valence-corrected chi connectivity index (χ2v) is 28.0. The molecular weight excluding hydrogens is 1410 g/mol. The van der Waals surface area contributed by atoms with Crippen LogP contribution in [0.3, 0.4) is 0 Å². The van der Waals surface area contributed by atoms with Gasteiger partial charge in [-0.05, 0) is 158 Å². The number of Topliss-reactive ketones (excluding diaryl/α,β-unsaturated/α-hetero) is 3. The Morgan fingerprint density at radius 1 is 0.425 bits per heavy atom. The number of oxime groups is 3. The Morgan fingerprint density at radius 3 is 1.10 bits per heavy atom. The molecule has 9 aromatic carbocycles. The average Bonchev–Trinajstić information content (AvgIpc) is 1.54. The molecule has 3 aliphatic heterocycles. The van der Waals surface area contributed by atoms with Crippen LogP contribution < -0.4 is 16.0 Å². The molecule has 0 aliphatic carbocycles. The van der Waals surface area contributed by atoms with Crippen molar-refractivity contribution in [1.29, 1.82) is 0 Å². The van der Waals surface area contributed by atoms with Gasteiger partial charge in [0.25, 0.3) is 5.60 Å². The lowest BCUT2D eigenvalue weighted by Gasteiger charge is -2.30. The lowest BCUT2D eigenvalue weighted by atomic mass is 9.83. The Bertz CT molecular complexity index is 4780. The van der Waals surface area contributed by atoms with E-state index in [-0.39, 0.29) is 72.3 Å². The number of rotatable bonds is 21. The van der Waals surface area contributed by atoms with E-state index < -0.39 is 60.2 Å². The Kier molecular flexibility index (Phi) is 24.1. The summed E-state index contributed by atoms with van der Waals surface area (Å²) in [6.07, 6.45) is -8.87. The molecule has 15 nitrogen and oxygen atoms in total. The van der Waals surface area contributed by atoms with Gasteiger partial charge in [-0.1, -0.05) is 172 Å². The molecule has 3 N–H and O–H groups in total. The number of fused-ring (bicyclic) bond motifs is 3. The Hall–Kier alpha value is -10.3. The standard InChI is InChI=1S/C29H26F6N2O3.2C27H27ClN2O3/c1-16-12-19(13-17(2)18(16)3)27(29(33,34)35)14-24(37-40-27)22-8-9-23(21-7-5-4-6-20(21)22)25(38)10-11-26(39)36-15-28(30,31)32;2*1-4-29-26(32)12-11-25(31)23-10-9-22(20-7-5-6-8-21(20)23)24-16-27(3,33-30-24)18-13-17(2)14-19(28)15-18/h4-9,12-13H,10-11,14-15H2,1-3H3,(H,36,39);2*5-10,13-15H,4,11-12,16H2,1-3H3,(H,29,32)/t;27-;/m.0./s1. The first kappa shape index (κ1) is 78.3. The fraction of sp³-hybridized carbons (Fsp3) is 0.313. The van der Waals surface area contributed by atoms with Gasteiger partial charge < -0.3 is 30.5 Å². The summed E-state index contributed by atoms with van der Waals surface area (Å²) in [5.74, 6) is -1.74. The average molecular weight is 1490 g/mol. The maximum Gasteiger partial charge on any atom is 0.435 e. The van der Waals surface area contributed by atoms with Gasteiger partial charge in [-0.3, -0.25) is 28.8 Å². The van der Waals surface area contributed by atoms with Gasteiger partial charge in [-0.15, -0.1) is 0 Å². The molecule has 0 saturated carbocycles. The van der Waals surface area contributed by atoms with E-state index in [2.05, 4.69) is 38.2 Å². The molecule has 23 heteroatoms. The normalized spacial score (nSPS) is 17.5. The van der Waals surface area contributed by atoms with Crippen LogP contribution in [0.5, 0.6) is 0 Å². The number of nitrogens with one attached hydrogen (secondary N) is 3. The number of alkyl halides is 6. The van der Waals surface area contributed by atoms with E-state index in [4.69, 9.17) is 37.7 Å². The van der Waals surface area contributed by atoms with E-state index in [0.717, 1.165) is 71.9 Å². The van der Waals surface area contributed by atoms with Gasteiger partial charge in [0.15, 0.2) is 28.6 Å². The van der Waals surface area contributed by atoms with Crippen molar-refractivity contribution >= 4 is 108 Å². The highest BCUT2D eigenvalue weighted by atomic mass is 35.5. The van der Waals surface area contributed by atoms with Gasteiger partial charge in [0.2, 0.25) is 17.7 Å². The van der Waals surface area contributed by atoms with Crippen LogP contribution in [0.1, 0.15) is 178 Å². The maximum atomic E-state index is 14.6. The highest BCUT2D eigenvalue weighted by Crippen LogP contribution is 2.50. The highest BCUT2D eigenvalue weighted by molar-refractivity contribution is 6.31. The van der Waals surface area contributed by atoms with Crippen LogP contribution in [-0.2, 0) is 45.7 Å². The van der Waals surface area contributed by atoms with Gasteiger partial charge in [0.05, 0.1) is 17.1 Å². The second kappa shape index (κ2) is 32.6. The predicted molar refractivity (Wildman–Crippen MR) is 401 cm³/mol. The van der Waals surface area contributed by atoms with Crippen molar-refractivity contribution in [2.45, 2.75) is 149 Å². The fourth-order valence-electron chi connectivity index (χ4n) is 13.4. The van der Waals surface area contributed by atoms with Crippen LogP contribution >= 0.6 is 23.2 Å². The van der Waals surface area contributed by atoms with Crippen molar-refractivity contribution in [3.63, 3.8) is 0 Å². The first-order valence-corrected chi connectivity index (χ1v) is 35.5. The highest BCUT2D eigenvalue weighted by Gasteiger charge is 2.62. The number of carbonyl (C=O) groups is 6. The third-order valence-electron chi connectivity index (χ3n) is 19.2. The van der Waals surface area contributed by atoms with E-state index in [9.17, 15) is 55.1 Å². The van der Waals surface area contributed by atoms with E-state index >= 15 is 0 Å². The summed E-state index contributed by atoms with van der Waals surface area (Å²) in [7, 11) is 0. The Balaban J connectivity index is 0.000000171. The molecule has 106 heavy (non-hydrogen) atoms. The number of halogens is 8. The van der Waals surface area contributed by atoms with E-state index in [0.29, 0.717) is 74.6 Å². The zero-order valence-electron chi connectivity index (χ0n) is 60.0. The van der Waals surface area contributed by atoms with Crippen molar-refractivity contribution < 1.29 is 69.6 Å². The SMILES string of the molecule is CCNC(=O)CCC(=O)c1ccc(C2=NOC(C)(c3cc(C)cc(Cl)c3)C2)c2ccccc12.CCNC(=O)CCC(=O)c1ccc(C2=NO[C@](C)(c3cc(C)cc(Cl)c3)C2)c2ccccc12.Cc1cc(C2(C(F)(F)F)CC(c3ccc(C(=O)CCC(=O)NCC(F)(F)F)c4ccccc34)=NO2)cc(C)c1C. The number of hydrogen-bond acceptors (Lipinski definition) is 12. The van der Waals surface area contributed by atoms with Crippen LogP contribution in [0.15, 0.2) is 173 Å². The molecule has 0 aromatic heterocycles. The number of amides is 3. The van der Waals surface area contributed by atoms with Gasteiger partial charge in [0.1, 0.15) is 6.54 Å². The molecule has 0 spiro atoms. The largest absolute Gasteiger partial charge is 0.435 e. The molecule has 9 aromatic rings. The molecule has 0 fully saturated rings. The molecule has 3 aliphatic rings. The third-order valence-corrected chi connectivity index (χ3v) is 19.6. The van der Waals surface area contributed by atoms with Crippen LogP contribution in [0, 0.1) is 34.6 Å². The fourth-order valence-corrected chi connectivity index (χ4v) is 14.0. The van der Waals surface area contributed by atoms with Crippen molar-refractivity contribution in [1.82, 2.24) is 16.0 Å². The number of ketones is 3. The quantitative estimate of drug-likeness (QED) is 0.0462. The molecule has 12 rings (SSSR count). The summed E-state index contributed by atoms with van der Waals surface area (Å²) in [4.78, 5) is 91.1. The number of benzene rings is 9.